The third kappa shape index (κ3) is 7.56. The number of hydrogen-bond acceptors (Lipinski definition) is 4. The summed E-state index contributed by atoms with van der Waals surface area (Å²) in [7, 11) is 3.47. The first-order chi connectivity index (χ1) is 7.47. The van der Waals surface area contributed by atoms with Crippen molar-refractivity contribution >= 4 is 23.1 Å². The second kappa shape index (κ2) is 8.43. The van der Waals surface area contributed by atoms with Crippen molar-refractivity contribution in [3.05, 3.63) is 0 Å². The topological polar surface area (TPSA) is 67.6 Å². The summed E-state index contributed by atoms with van der Waals surface area (Å²) < 4.78 is 4.83. The molecule has 1 atom stereocenters. The smallest absolute Gasteiger partial charge is 0.234 e. The average Bonchev–Trinajstić information content (AvgIpc) is 2.17. The summed E-state index contributed by atoms with van der Waals surface area (Å²) in [4.78, 5) is 13.8. The quantitative estimate of drug-likeness (QED) is 0.451. The fraction of sp³-hybridized carbons (Fsp3) is 0.800. The molecule has 16 heavy (non-hydrogen) atoms. The molecular formula is C10H21N3O2S. The van der Waals surface area contributed by atoms with Crippen LogP contribution < -0.4 is 11.1 Å². The van der Waals surface area contributed by atoms with E-state index in [1.54, 1.807) is 7.11 Å². The molecule has 0 aliphatic carbocycles. The van der Waals surface area contributed by atoms with Crippen molar-refractivity contribution in [1.29, 1.82) is 0 Å². The largest absolute Gasteiger partial charge is 0.393 e. The van der Waals surface area contributed by atoms with Crippen LogP contribution in [0.1, 0.15) is 6.92 Å². The molecular weight excluding hydrogens is 226 g/mol. The maximum Gasteiger partial charge on any atom is 0.234 e. The number of thiocarbonyl (C=S) groups is 1. The second-order valence-electron chi connectivity index (χ2n) is 3.84. The van der Waals surface area contributed by atoms with Gasteiger partial charge < -0.3 is 15.8 Å². The zero-order valence-electron chi connectivity index (χ0n) is 10.2. The van der Waals surface area contributed by atoms with Crippen LogP contribution >= 0.6 is 12.2 Å². The lowest BCUT2D eigenvalue weighted by Crippen LogP contribution is -2.39. The first-order valence-corrected chi connectivity index (χ1v) is 5.61. The lowest BCUT2D eigenvalue weighted by Gasteiger charge is -2.19. The lowest BCUT2D eigenvalue weighted by atomic mass is 10.2. The van der Waals surface area contributed by atoms with Crippen molar-refractivity contribution < 1.29 is 9.53 Å². The molecule has 5 nitrogen and oxygen atoms in total. The highest BCUT2D eigenvalue weighted by Crippen LogP contribution is 1.97. The molecule has 0 bridgehead atoms. The molecule has 0 aliphatic heterocycles. The van der Waals surface area contributed by atoms with Crippen molar-refractivity contribution in [2.24, 2.45) is 11.7 Å². The molecule has 3 N–H and O–H groups in total. The zero-order valence-corrected chi connectivity index (χ0v) is 11.0. The Hall–Kier alpha value is -0.720. The summed E-state index contributed by atoms with van der Waals surface area (Å²) in [6.07, 6.45) is 0. The van der Waals surface area contributed by atoms with Crippen molar-refractivity contribution in [3.63, 3.8) is 0 Å². The highest BCUT2D eigenvalue weighted by molar-refractivity contribution is 7.80. The summed E-state index contributed by atoms with van der Waals surface area (Å²) in [5.74, 6) is 0.0986. The van der Waals surface area contributed by atoms with Gasteiger partial charge in [-0.15, -0.1) is 0 Å². The molecule has 0 fully saturated rings. The van der Waals surface area contributed by atoms with Crippen LogP contribution in [0.3, 0.4) is 0 Å². The Morgan fingerprint density at radius 2 is 2.25 bits per heavy atom. The first-order valence-electron chi connectivity index (χ1n) is 5.20. The van der Waals surface area contributed by atoms with Gasteiger partial charge in [-0.25, -0.2) is 0 Å². The van der Waals surface area contributed by atoms with Crippen LogP contribution in [0.25, 0.3) is 0 Å². The number of nitrogens with zero attached hydrogens (tertiary/aromatic N) is 1. The van der Waals surface area contributed by atoms with Gasteiger partial charge in [-0.1, -0.05) is 19.1 Å². The predicted molar refractivity (Wildman–Crippen MR) is 68.3 cm³/mol. The van der Waals surface area contributed by atoms with E-state index in [0.29, 0.717) is 31.2 Å². The number of hydrogen-bond donors (Lipinski definition) is 2. The van der Waals surface area contributed by atoms with Gasteiger partial charge in [0.25, 0.3) is 0 Å². The molecule has 0 saturated carbocycles. The molecule has 0 aromatic rings. The molecule has 0 aromatic heterocycles. The Morgan fingerprint density at radius 1 is 1.62 bits per heavy atom. The zero-order chi connectivity index (χ0) is 12.6. The molecule has 0 aromatic carbocycles. The number of methoxy groups -OCH3 is 1. The van der Waals surface area contributed by atoms with Gasteiger partial charge in [0.2, 0.25) is 5.91 Å². The Labute approximate surface area is 102 Å². The SMILES string of the molecule is COCCNC(=O)CN(C)CC(C)C(N)=S. The van der Waals surface area contributed by atoms with Gasteiger partial charge in [0.05, 0.1) is 18.1 Å². The van der Waals surface area contributed by atoms with Crippen LogP contribution in [0.2, 0.25) is 0 Å². The first kappa shape index (κ1) is 15.3. The van der Waals surface area contributed by atoms with Crippen LogP contribution in [0.15, 0.2) is 0 Å². The number of carbonyl (C=O) groups is 1. The van der Waals surface area contributed by atoms with E-state index in [0.717, 1.165) is 0 Å². The van der Waals surface area contributed by atoms with Crippen molar-refractivity contribution in [3.8, 4) is 0 Å². The average molecular weight is 247 g/mol. The second-order valence-corrected chi connectivity index (χ2v) is 4.31. The monoisotopic (exact) mass is 247 g/mol. The third-order valence-electron chi connectivity index (χ3n) is 2.11. The van der Waals surface area contributed by atoms with E-state index < -0.39 is 0 Å². The van der Waals surface area contributed by atoms with E-state index >= 15 is 0 Å². The van der Waals surface area contributed by atoms with E-state index in [4.69, 9.17) is 22.7 Å². The minimum Gasteiger partial charge on any atom is -0.393 e. The molecule has 0 saturated heterocycles. The molecule has 0 rings (SSSR count). The van der Waals surface area contributed by atoms with Crippen LogP contribution in [0.4, 0.5) is 0 Å². The maximum absolute atomic E-state index is 11.4. The number of nitrogens with one attached hydrogen (secondary N) is 1. The number of ether oxygens (including phenoxy) is 1. The van der Waals surface area contributed by atoms with Gasteiger partial charge in [0, 0.05) is 26.1 Å². The van der Waals surface area contributed by atoms with Crippen molar-refractivity contribution in [2.45, 2.75) is 6.92 Å². The molecule has 94 valence electrons. The number of likely N-dealkylation sites (N-methyl/N-ethyl adjacent to an activating group) is 1. The molecule has 0 heterocycles. The minimum absolute atomic E-state index is 0.0188. The summed E-state index contributed by atoms with van der Waals surface area (Å²) in [6, 6.07) is 0. The van der Waals surface area contributed by atoms with E-state index in [1.165, 1.54) is 0 Å². The van der Waals surface area contributed by atoms with Gasteiger partial charge in [-0.05, 0) is 7.05 Å². The van der Waals surface area contributed by atoms with E-state index in [-0.39, 0.29) is 11.8 Å². The van der Waals surface area contributed by atoms with Gasteiger partial charge in [-0.3, -0.25) is 9.69 Å². The Morgan fingerprint density at radius 3 is 2.75 bits per heavy atom. The van der Waals surface area contributed by atoms with E-state index in [2.05, 4.69) is 5.32 Å². The fourth-order valence-electron chi connectivity index (χ4n) is 1.22. The number of nitrogens with two attached hydrogens (primary N) is 1. The number of carbonyl (C=O) groups excluding carboxylic acids is 1. The molecule has 6 heteroatoms. The van der Waals surface area contributed by atoms with Gasteiger partial charge in [0.15, 0.2) is 0 Å². The molecule has 0 radical (unpaired) electrons. The highest BCUT2D eigenvalue weighted by Gasteiger charge is 2.11. The number of amides is 1. The van der Waals surface area contributed by atoms with Crippen LogP contribution in [-0.4, -0.2) is 56.2 Å². The highest BCUT2D eigenvalue weighted by atomic mass is 32.1. The van der Waals surface area contributed by atoms with Crippen LogP contribution in [-0.2, 0) is 9.53 Å². The van der Waals surface area contributed by atoms with Crippen LogP contribution in [0, 0.1) is 5.92 Å². The summed E-state index contributed by atoms with van der Waals surface area (Å²) in [6.45, 7) is 4.04. The molecule has 1 amide bonds. The summed E-state index contributed by atoms with van der Waals surface area (Å²) in [5.41, 5.74) is 5.50. The molecule has 0 aliphatic rings. The Balaban J connectivity index is 3.73. The lowest BCUT2D eigenvalue weighted by molar-refractivity contribution is -0.122. The normalized spacial score (nSPS) is 12.5. The van der Waals surface area contributed by atoms with Crippen molar-refractivity contribution in [1.82, 2.24) is 10.2 Å². The standard InChI is InChI=1S/C10H21N3O2S/c1-8(10(11)16)6-13(2)7-9(14)12-4-5-15-3/h8H,4-7H2,1-3H3,(H2,11,16)(H,12,14). The fourth-order valence-corrected chi connectivity index (χ4v) is 1.29. The third-order valence-corrected chi connectivity index (χ3v) is 2.52. The molecule has 0 spiro atoms. The summed E-state index contributed by atoms with van der Waals surface area (Å²) >= 11 is 4.87. The maximum atomic E-state index is 11.4. The van der Waals surface area contributed by atoms with E-state index in [1.807, 2.05) is 18.9 Å². The predicted octanol–water partition coefficient (Wildman–Crippen LogP) is -0.397. The van der Waals surface area contributed by atoms with Gasteiger partial charge in [0.1, 0.15) is 0 Å². The van der Waals surface area contributed by atoms with E-state index in [9.17, 15) is 4.79 Å². The number of rotatable bonds is 8. The Kier molecular flexibility index (Phi) is 8.05. The summed E-state index contributed by atoms with van der Waals surface area (Å²) in [5, 5.41) is 2.75. The van der Waals surface area contributed by atoms with Crippen LogP contribution in [0.5, 0.6) is 0 Å². The molecule has 1 unspecified atom stereocenters. The van der Waals surface area contributed by atoms with Crippen molar-refractivity contribution in [2.75, 3.05) is 40.4 Å². The Bertz CT molecular complexity index is 236. The van der Waals surface area contributed by atoms with Gasteiger partial charge >= 0.3 is 0 Å². The van der Waals surface area contributed by atoms with Gasteiger partial charge in [-0.2, -0.15) is 0 Å². The minimum atomic E-state index is -0.0188.